The van der Waals surface area contributed by atoms with Crippen LogP contribution in [0.4, 0.5) is 0 Å². The quantitative estimate of drug-likeness (QED) is 0.0335. The first-order chi connectivity index (χ1) is 24.8. The Labute approximate surface area is 315 Å². The first kappa shape index (κ1) is 49.0. The van der Waals surface area contributed by atoms with Crippen LogP contribution in [0.15, 0.2) is 60.8 Å². The third-order valence-corrected chi connectivity index (χ3v) is 10.0. The molecule has 0 radical (unpaired) electrons. The highest BCUT2D eigenvalue weighted by molar-refractivity contribution is 7.85. The zero-order chi connectivity index (χ0) is 37.5. The molecule has 0 rings (SSSR count). The predicted octanol–water partition coefficient (Wildman–Crippen LogP) is 12.5. The number of hydrogen-bond donors (Lipinski definition) is 3. The summed E-state index contributed by atoms with van der Waals surface area (Å²) in [7, 11) is -4.32. The molecule has 2 atom stereocenters. The molecule has 51 heavy (non-hydrogen) atoms. The van der Waals surface area contributed by atoms with E-state index in [1.165, 1.54) is 77.0 Å². The zero-order valence-corrected chi connectivity index (χ0v) is 33.8. The minimum atomic E-state index is -4.32. The molecule has 3 N–H and O–H groups in total. The fourth-order valence-corrected chi connectivity index (χ4v) is 6.89. The molecule has 0 fully saturated rings. The number of carbonyl (C=O) groups is 1. The average molecular weight is 734 g/mol. The van der Waals surface area contributed by atoms with Crippen molar-refractivity contribution >= 4 is 16.0 Å². The number of amides is 1. The van der Waals surface area contributed by atoms with Gasteiger partial charge in [0.25, 0.3) is 10.1 Å². The number of aliphatic hydroxyl groups is 1. The summed E-state index contributed by atoms with van der Waals surface area (Å²) >= 11 is 0. The van der Waals surface area contributed by atoms with Crippen LogP contribution in [0.3, 0.4) is 0 Å². The van der Waals surface area contributed by atoms with Crippen LogP contribution in [0, 0.1) is 0 Å². The predicted molar refractivity (Wildman–Crippen MR) is 221 cm³/mol. The van der Waals surface area contributed by atoms with E-state index in [9.17, 15) is 22.9 Å². The van der Waals surface area contributed by atoms with Crippen molar-refractivity contribution in [1.82, 2.24) is 5.32 Å². The average Bonchev–Trinajstić information content (AvgIpc) is 3.09. The van der Waals surface area contributed by atoms with Gasteiger partial charge in [-0.1, -0.05) is 190 Å². The van der Waals surface area contributed by atoms with E-state index in [-0.39, 0.29) is 5.91 Å². The van der Waals surface area contributed by atoms with Gasteiger partial charge in [-0.2, -0.15) is 8.42 Å². The fraction of sp³-hybridized carbons (Fsp3) is 0.750. The Morgan fingerprint density at radius 1 is 0.549 bits per heavy atom. The van der Waals surface area contributed by atoms with Crippen molar-refractivity contribution in [3.05, 3.63) is 60.8 Å². The molecule has 0 bridgehead atoms. The molecule has 7 heteroatoms. The zero-order valence-electron chi connectivity index (χ0n) is 33.0. The lowest BCUT2D eigenvalue weighted by atomic mass is 10.0. The van der Waals surface area contributed by atoms with Crippen LogP contribution in [0.2, 0.25) is 0 Å². The van der Waals surface area contributed by atoms with Crippen molar-refractivity contribution in [3.63, 3.8) is 0 Å². The van der Waals surface area contributed by atoms with Crippen molar-refractivity contribution in [2.75, 3.05) is 5.75 Å². The number of unbranched alkanes of at least 4 members (excludes halogenated alkanes) is 19. The number of allylic oxidation sites excluding steroid dienone is 10. The topological polar surface area (TPSA) is 104 Å². The van der Waals surface area contributed by atoms with E-state index in [0.29, 0.717) is 12.8 Å². The first-order valence-electron chi connectivity index (χ1n) is 21.0. The highest BCUT2D eigenvalue weighted by atomic mass is 32.2. The third kappa shape index (κ3) is 39.1. The van der Waals surface area contributed by atoms with Crippen LogP contribution in [-0.4, -0.2) is 41.9 Å². The second-order valence-electron chi connectivity index (χ2n) is 14.2. The van der Waals surface area contributed by atoms with Crippen LogP contribution in [0.5, 0.6) is 0 Å². The van der Waals surface area contributed by atoms with Gasteiger partial charge in [0, 0.05) is 6.42 Å². The maximum Gasteiger partial charge on any atom is 0.266 e. The molecular weight excluding hydrogens is 655 g/mol. The normalized spacial score (nSPS) is 13.9. The summed E-state index contributed by atoms with van der Waals surface area (Å²) in [5, 5.41) is 13.4. The van der Waals surface area contributed by atoms with Crippen molar-refractivity contribution in [2.45, 2.75) is 206 Å². The highest BCUT2D eigenvalue weighted by Gasteiger charge is 2.26. The standard InChI is InChI=1S/C44H79NO5S/c1-3-5-7-9-11-13-15-17-19-20-21-22-23-24-26-28-30-32-34-36-38-40-44(47)45-42(41-51(48,49)50)43(46)39-37-35-33-31-29-27-25-18-16-14-12-10-8-6-4-2/h5,7,11,13,17,19,21-22,24,26,42-43,46H,3-4,6,8-10,12,14-16,18,20,23,25,27-41H2,1-2H3,(H,45,47)(H,48,49,50)/b7-5-,13-11-,19-17-,22-21-,26-24-. The Kier molecular flexibility index (Phi) is 36.3. The molecule has 6 nitrogen and oxygen atoms in total. The molecule has 0 saturated carbocycles. The van der Waals surface area contributed by atoms with E-state index in [4.69, 9.17) is 0 Å². The van der Waals surface area contributed by atoms with Crippen molar-refractivity contribution in [3.8, 4) is 0 Å². The third-order valence-electron chi connectivity index (χ3n) is 9.24. The van der Waals surface area contributed by atoms with Gasteiger partial charge in [0.15, 0.2) is 0 Å². The Hall–Kier alpha value is -1.96. The summed E-state index contributed by atoms with van der Waals surface area (Å²) in [5.41, 5.74) is 0. The van der Waals surface area contributed by atoms with Crippen LogP contribution in [-0.2, 0) is 14.9 Å². The molecule has 0 aliphatic rings. The number of hydrogen-bond acceptors (Lipinski definition) is 4. The van der Waals surface area contributed by atoms with Crippen LogP contribution in [0.1, 0.15) is 194 Å². The van der Waals surface area contributed by atoms with Gasteiger partial charge in [-0.05, 0) is 57.8 Å². The van der Waals surface area contributed by atoms with E-state index >= 15 is 0 Å². The van der Waals surface area contributed by atoms with E-state index < -0.39 is 28.0 Å². The van der Waals surface area contributed by atoms with Gasteiger partial charge in [0.2, 0.25) is 5.91 Å². The minimum Gasteiger partial charge on any atom is -0.391 e. The van der Waals surface area contributed by atoms with Crippen LogP contribution in [0.25, 0.3) is 0 Å². The lowest BCUT2D eigenvalue weighted by molar-refractivity contribution is -0.122. The molecule has 0 spiro atoms. The molecule has 296 valence electrons. The molecule has 2 unspecified atom stereocenters. The van der Waals surface area contributed by atoms with Crippen LogP contribution >= 0.6 is 0 Å². The summed E-state index contributed by atoms with van der Waals surface area (Å²) in [6, 6.07) is -0.984. The lowest BCUT2D eigenvalue weighted by Crippen LogP contribution is -2.47. The van der Waals surface area contributed by atoms with Gasteiger partial charge in [0.05, 0.1) is 17.9 Å². The summed E-state index contributed by atoms with van der Waals surface area (Å²) in [6.45, 7) is 4.41. The van der Waals surface area contributed by atoms with Gasteiger partial charge in [0.1, 0.15) is 0 Å². The van der Waals surface area contributed by atoms with Gasteiger partial charge in [-0.25, -0.2) is 0 Å². The molecule has 1 amide bonds. The second-order valence-corrected chi connectivity index (χ2v) is 15.7. The number of carbonyl (C=O) groups excluding carboxylic acids is 1. The molecule has 0 aromatic heterocycles. The minimum absolute atomic E-state index is 0.266. The molecule has 0 aliphatic heterocycles. The van der Waals surface area contributed by atoms with E-state index in [1.807, 2.05) is 0 Å². The Balaban J connectivity index is 3.92. The summed E-state index contributed by atoms with van der Waals surface area (Å²) in [5.74, 6) is -0.924. The maximum absolute atomic E-state index is 12.5. The monoisotopic (exact) mass is 734 g/mol. The Morgan fingerprint density at radius 3 is 1.39 bits per heavy atom. The molecule has 0 aromatic carbocycles. The largest absolute Gasteiger partial charge is 0.391 e. The summed E-state index contributed by atoms with van der Waals surface area (Å²) < 4.78 is 32.6. The first-order valence-corrected chi connectivity index (χ1v) is 22.6. The highest BCUT2D eigenvalue weighted by Crippen LogP contribution is 2.15. The fourth-order valence-electron chi connectivity index (χ4n) is 6.13. The smallest absolute Gasteiger partial charge is 0.266 e. The molecule has 0 aliphatic carbocycles. The van der Waals surface area contributed by atoms with E-state index in [2.05, 4.69) is 79.9 Å². The lowest BCUT2D eigenvalue weighted by Gasteiger charge is -2.23. The van der Waals surface area contributed by atoms with Crippen molar-refractivity contribution in [1.29, 1.82) is 0 Å². The second kappa shape index (κ2) is 37.8. The van der Waals surface area contributed by atoms with Gasteiger partial charge in [-0.15, -0.1) is 0 Å². The van der Waals surface area contributed by atoms with Gasteiger partial charge in [-0.3, -0.25) is 9.35 Å². The molecular formula is C44H79NO5S. The maximum atomic E-state index is 12.5. The molecule has 0 heterocycles. The summed E-state index contributed by atoms with van der Waals surface area (Å²) in [6.07, 6.45) is 51.6. The molecule has 0 saturated heterocycles. The SMILES string of the molecule is CC/C=C\C/C=C\C/C=C\C/C=C\C/C=C\CCCCCCCC(=O)NC(CS(=O)(=O)O)C(O)CCCCCCCCCCCCCCCCC. The Morgan fingerprint density at radius 2 is 0.941 bits per heavy atom. The van der Waals surface area contributed by atoms with E-state index in [1.54, 1.807) is 0 Å². The van der Waals surface area contributed by atoms with Crippen molar-refractivity contribution in [2.24, 2.45) is 0 Å². The number of aliphatic hydroxyl groups excluding tert-OH is 1. The summed E-state index contributed by atoms with van der Waals surface area (Å²) in [4.78, 5) is 12.5. The number of rotatable bonds is 37. The Bertz CT molecular complexity index is 1030. The van der Waals surface area contributed by atoms with E-state index in [0.717, 1.165) is 89.9 Å². The molecule has 0 aromatic rings. The van der Waals surface area contributed by atoms with Crippen molar-refractivity contribution < 1.29 is 22.9 Å². The number of nitrogens with one attached hydrogen (secondary N) is 1. The van der Waals surface area contributed by atoms with Gasteiger partial charge >= 0.3 is 0 Å². The van der Waals surface area contributed by atoms with Crippen LogP contribution < -0.4 is 5.32 Å². The van der Waals surface area contributed by atoms with Gasteiger partial charge < -0.3 is 10.4 Å².